The van der Waals surface area contributed by atoms with Crippen molar-refractivity contribution in [1.29, 1.82) is 0 Å². The summed E-state index contributed by atoms with van der Waals surface area (Å²) in [5.74, 6) is -0.0442. The second kappa shape index (κ2) is 10.6. The summed E-state index contributed by atoms with van der Waals surface area (Å²) in [6, 6.07) is 9.01. The largest absolute Gasteiger partial charge is 0.352 e. The number of aromatic amines is 1. The van der Waals surface area contributed by atoms with Crippen LogP contribution in [0.3, 0.4) is 0 Å². The lowest BCUT2D eigenvalue weighted by molar-refractivity contribution is -0.121. The zero-order valence-corrected chi connectivity index (χ0v) is 20.9. The van der Waals surface area contributed by atoms with Gasteiger partial charge in [-0.15, -0.1) is 0 Å². The number of nitrogens with one attached hydrogen (secondary N) is 2. The first kappa shape index (κ1) is 24.2. The van der Waals surface area contributed by atoms with Gasteiger partial charge in [-0.25, -0.2) is 0 Å². The lowest BCUT2D eigenvalue weighted by Crippen LogP contribution is -2.33. The molecular weight excluding hydrogens is 426 g/mol. The van der Waals surface area contributed by atoms with Crippen molar-refractivity contribution >= 4 is 16.9 Å². The van der Waals surface area contributed by atoms with Crippen molar-refractivity contribution in [3.05, 3.63) is 62.6 Å². The van der Waals surface area contributed by atoms with E-state index in [-0.39, 0.29) is 17.9 Å². The lowest BCUT2D eigenvalue weighted by atomic mass is 9.94. The highest BCUT2D eigenvalue weighted by atomic mass is 16.1. The third kappa shape index (κ3) is 5.25. The predicted molar refractivity (Wildman–Crippen MR) is 136 cm³/mol. The van der Waals surface area contributed by atoms with Crippen molar-refractivity contribution in [2.45, 2.75) is 77.9 Å². The first-order chi connectivity index (χ1) is 16.3. The number of amides is 1. The molecule has 1 fully saturated rings. The quantitative estimate of drug-likeness (QED) is 0.531. The highest BCUT2D eigenvalue weighted by Gasteiger charge is 2.19. The number of rotatable bonds is 8. The fraction of sp³-hybridized carbons (Fsp3) is 0.519. The van der Waals surface area contributed by atoms with Crippen LogP contribution in [-0.4, -0.2) is 38.7 Å². The average molecular weight is 464 g/mol. The third-order valence-electron chi connectivity index (χ3n) is 7.37. The van der Waals surface area contributed by atoms with Crippen LogP contribution in [0.5, 0.6) is 0 Å². The maximum atomic E-state index is 12.7. The highest BCUT2D eigenvalue weighted by molar-refractivity contribution is 5.83. The zero-order valence-electron chi connectivity index (χ0n) is 20.9. The summed E-state index contributed by atoms with van der Waals surface area (Å²) in [5.41, 5.74) is 5.45. The summed E-state index contributed by atoms with van der Waals surface area (Å²) in [5, 5.41) is 8.45. The van der Waals surface area contributed by atoms with Gasteiger partial charge in [-0.3, -0.25) is 19.2 Å². The molecule has 0 bridgehead atoms. The molecule has 2 N–H and O–H groups in total. The maximum absolute atomic E-state index is 12.7. The molecule has 0 saturated heterocycles. The van der Waals surface area contributed by atoms with Crippen molar-refractivity contribution < 1.29 is 4.79 Å². The number of fused-ring (bicyclic) bond motifs is 1. The van der Waals surface area contributed by atoms with Crippen molar-refractivity contribution in [1.82, 2.24) is 25.0 Å². The summed E-state index contributed by atoms with van der Waals surface area (Å²) >= 11 is 0. The third-order valence-corrected chi connectivity index (χ3v) is 7.37. The number of nitrogens with zero attached hydrogens (tertiary/aromatic N) is 3. The number of aromatic nitrogens is 3. The molecule has 4 rings (SSSR count). The normalized spacial score (nSPS) is 14.7. The van der Waals surface area contributed by atoms with Gasteiger partial charge in [-0.2, -0.15) is 5.10 Å². The second-order valence-corrected chi connectivity index (χ2v) is 9.74. The van der Waals surface area contributed by atoms with Crippen LogP contribution in [0.25, 0.3) is 11.0 Å². The molecule has 1 saturated carbocycles. The van der Waals surface area contributed by atoms with Gasteiger partial charge in [-0.05, 0) is 56.8 Å². The minimum absolute atomic E-state index is 0.0442. The number of aryl methyl sites for hydroxylation is 3. The van der Waals surface area contributed by atoms with E-state index in [9.17, 15) is 9.59 Å². The van der Waals surface area contributed by atoms with Crippen LogP contribution in [0, 0.1) is 13.8 Å². The van der Waals surface area contributed by atoms with E-state index in [2.05, 4.69) is 45.5 Å². The Morgan fingerprint density at radius 2 is 1.88 bits per heavy atom. The highest BCUT2D eigenvalue weighted by Crippen LogP contribution is 2.24. The molecule has 0 radical (unpaired) electrons. The maximum Gasteiger partial charge on any atom is 0.253 e. The first-order valence-electron chi connectivity index (χ1n) is 12.4. The van der Waals surface area contributed by atoms with Gasteiger partial charge in [0.05, 0.1) is 5.69 Å². The van der Waals surface area contributed by atoms with Crippen LogP contribution in [0.15, 0.2) is 29.1 Å². The van der Waals surface area contributed by atoms with E-state index in [1.807, 2.05) is 27.0 Å². The number of H-pyrrole nitrogens is 1. The molecule has 0 unspecified atom stereocenters. The van der Waals surface area contributed by atoms with E-state index in [1.165, 1.54) is 37.7 Å². The molecule has 0 aliphatic heterocycles. The molecule has 0 spiro atoms. The van der Waals surface area contributed by atoms with Crippen LogP contribution in [0.2, 0.25) is 0 Å². The molecule has 34 heavy (non-hydrogen) atoms. The summed E-state index contributed by atoms with van der Waals surface area (Å²) in [6.07, 6.45) is 7.23. The Hall–Kier alpha value is -2.93. The van der Waals surface area contributed by atoms with Crippen molar-refractivity contribution in [3.8, 4) is 0 Å². The van der Waals surface area contributed by atoms with Gasteiger partial charge in [0.2, 0.25) is 5.91 Å². The SMILES string of the molecule is Cc1nn(C)c2[nH]c(=O)c(CCC(=O)NCc3ccccc3CN(C)C3CCCCC3)c(C)c12. The van der Waals surface area contributed by atoms with Crippen LogP contribution in [-0.2, 0) is 31.4 Å². The van der Waals surface area contributed by atoms with Gasteiger partial charge in [0, 0.05) is 43.5 Å². The average Bonchev–Trinajstić information content (AvgIpc) is 3.11. The summed E-state index contributed by atoms with van der Waals surface area (Å²) in [7, 11) is 4.04. The Balaban J connectivity index is 1.37. The number of carbonyl (C=O) groups excluding carboxylic acids is 1. The second-order valence-electron chi connectivity index (χ2n) is 9.74. The summed E-state index contributed by atoms with van der Waals surface area (Å²) in [6.45, 7) is 5.28. The number of benzene rings is 1. The Labute approximate surface area is 201 Å². The molecule has 182 valence electrons. The molecular formula is C27H37N5O2. The zero-order chi connectivity index (χ0) is 24.2. The molecule has 3 aromatic rings. The molecule has 1 amide bonds. The fourth-order valence-corrected chi connectivity index (χ4v) is 5.38. The molecule has 1 aliphatic carbocycles. The van der Waals surface area contributed by atoms with E-state index in [0.29, 0.717) is 24.6 Å². The smallest absolute Gasteiger partial charge is 0.253 e. The predicted octanol–water partition coefficient (Wildman–Crippen LogP) is 3.89. The van der Waals surface area contributed by atoms with Gasteiger partial charge in [-0.1, -0.05) is 43.5 Å². The van der Waals surface area contributed by atoms with Crippen LogP contribution >= 0.6 is 0 Å². The van der Waals surface area contributed by atoms with E-state index >= 15 is 0 Å². The van der Waals surface area contributed by atoms with Gasteiger partial charge in [0.15, 0.2) is 0 Å². The molecule has 7 heteroatoms. The first-order valence-corrected chi connectivity index (χ1v) is 12.4. The minimum atomic E-state index is -0.142. The van der Waals surface area contributed by atoms with Gasteiger partial charge >= 0.3 is 0 Å². The molecule has 0 atom stereocenters. The molecule has 1 aliphatic rings. The van der Waals surface area contributed by atoms with Gasteiger partial charge in [0.25, 0.3) is 5.56 Å². The topological polar surface area (TPSA) is 83.0 Å². The number of hydrogen-bond donors (Lipinski definition) is 2. The summed E-state index contributed by atoms with van der Waals surface area (Å²) in [4.78, 5) is 30.7. The van der Waals surface area contributed by atoms with Gasteiger partial charge in [0.1, 0.15) is 5.65 Å². The van der Waals surface area contributed by atoms with Crippen LogP contribution in [0.4, 0.5) is 0 Å². The van der Waals surface area contributed by atoms with E-state index in [4.69, 9.17) is 0 Å². The number of hydrogen-bond acceptors (Lipinski definition) is 4. The van der Waals surface area contributed by atoms with Crippen molar-refractivity contribution in [3.63, 3.8) is 0 Å². The van der Waals surface area contributed by atoms with E-state index in [0.717, 1.165) is 34.4 Å². The molecule has 1 aromatic carbocycles. The van der Waals surface area contributed by atoms with Crippen molar-refractivity contribution in [2.24, 2.45) is 7.05 Å². The number of carbonyl (C=O) groups is 1. The van der Waals surface area contributed by atoms with Gasteiger partial charge < -0.3 is 10.3 Å². The fourth-order valence-electron chi connectivity index (χ4n) is 5.38. The Kier molecular flexibility index (Phi) is 7.51. The minimum Gasteiger partial charge on any atom is -0.352 e. The Bertz CT molecular complexity index is 1220. The standard InChI is InChI=1S/C27H37N5O2/c1-18-23(27(34)29-26-25(18)19(2)30-32(26)4)14-15-24(33)28-16-20-10-8-9-11-21(20)17-31(3)22-12-6-5-7-13-22/h8-11,22H,5-7,12-17H2,1-4H3,(H,28,33)(H,29,34). The lowest BCUT2D eigenvalue weighted by Gasteiger charge is -2.31. The Morgan fingerprint density at radius 1 is 1.18 bits per heavy atom. The molecule has 2 aromatic heterocycles. The van der Waals surface area contributed by atoms with E-state index < -0.39 is 0 Å². The monoisotopic (exact) mass is 463 g/mol. The number of pyridine rings is 1. The summed E-state index contributed by atoms with van der Waals surface area (Å²) < 4.78 is 1.69. The van der Waals surface area contributed by atoms with Crippen LogP contribution in [0.1, 0.15) is 66.5 Å². The van der Waals surface area contributed by atoms with Crippen LogP contribution < -0.4 is 10.9 Å². The van der Waals surface area contributed by atoms with Crippen molar-refractivity contribution in [2.75, 3.05) is 7.05 Å². The molecule has 7 nitrogen and oxygen atoms in total. The Morgan fingerprint density at radius 3 is 2.62 bits per heavy atom. The molecule has 2 heterocycles. The van der Waals surface area contributed by atoms with E-state index in [1.54, 1.807) is 4.68 Å².